The van der Waals surface area contributed by atoms with Crippen LogP contribution >= 0.6 is 0 Å². The van der Waals surface area contributed by atoms with E-state index < -0.39 is 12.3 Å². The molecule has 3 rings (SSSR count). The number of aliphatic hydroxyl groups is 1. The molecule has 0 amide bonds. The molecule has 4 heteroatoms. The molecule has 1 N–H and O–H groups in total. The largest absolute Gasteiger partial charge is 0.388 e. The predicted molar refractivity (Wildman–Crippen MR) is 72.5 cm³/mol. The first-order valence-corrected chi connectivity index (χ1v) is 6.12. The molecule has 0 saturated carbocycles. The summed E-state index contributed by atoms with van der Waals surface area (Å²) in [4.78, 5) is 0. The highest BCUT2D eigenvalue weighted by atomic mass is 19.3. The second-order valence-electron chi connectivity index (χ2n) is 4.72. The Morgan fingerprint density at radius 1 is 0.850 bits per heavy atom. The summed E-state index contributed by atoms with van der Waals surface area (Å²) in [6.45, 7) is 0. The summed E-state index contributed by atoms with van der Waals surface area (Å²) in [5.41, 5.74) is -0.208. The van der Waals surface area contributed by atoms with Crippen LogP contribution in [-0.4, -0.2) is 11.2 Å². The highest BCUT2D eigenvalue weighted by Gasteiger charge is 2.39. The Labute approximate surface area is 113 Å². The Balaban J connectivity index is 2.31. The number of alkyl halides is 3. The van der Waals surface area contributed by atoms with Crippen LogP contribution < -0.4 is 0 Å². The van der Waals surface area contributed by atoms with Crippen LogP contribution in [0.15, 0.2) is 54.6 Å². The number of benzene rings is 3. The first kappa shape index (κ1) is 12.9. The topological polar surface area (TPSA) is 20.2 Å². The molecule has 3 aromatic rings. The molecule has 0 aliphatic rings. The van der Waals surface area contributed by atoms with E-state index in [9.17, 15) is 13.2 Å². The van der Waals surface area contributed by atoms with Crippen LogP contribution in [0.5, 0.6) is 0 Å². The third-order valence-electron chi connectivity index (χ3n) is 3.36. The van der Waals surface area contributed by atoms with E-state index in [1.165, 1.54) is 12.1 Å². The molecule has 0 spiro atoms. The van der Waals surface area contributed by atoms with Crippen molar-refractivity contribution in [1.29, 1.82) is 0 Å². The molecule has 0 aliphatic carbocycles. The summed E-state index contributed by atoms with van der Waals surface area (Å²) in [7, 11) is 0. The molecule has 1 nitrogen and oxygen atoms in total. The smallest absolute Gasteiger partial charge is 0.334 e. The van der Waals surface area contributed by atoms with E-state index in [0.29, 0.717) is 10.8 Å². The molecule has 0 saturated heterocycles. The van der Waals surface area contributed by atoms with Crippen molar-refractivity contribution < 1.29 is 18.3 Å². The monoisotopic (exact) mass is 276 g/mol. The lowest BCUT2D eigenvalue weighted by molar-refractivity contribution is -0.242. The zero-order chi connectivity index (χ0) is 14.3. The van der Waals surface area contributed by atoms with Gasteiger partial charge in [-0.15, -0.1) is 0 Å². The molecule has 0 radical (unpaired) electrons. The van der Waals surface area contributed by atoms with Gasteiger partial charge < -0.3 is 5.11 Å². The summed E-state index contributed by atoms with van der Waals surface area (Å²) in [5.74, 6) is 0. The van der Waals surface area contributed by atoms with Gasteiger partial charge in [0.15, 0.2) is 0 Å². The molecule has 1 unspecified atom stereocenters. The Kier molecular flexibility index (Phi) is 2.91. The number of hydrogen-bond acceptors (Lipinski definition) is 1. The van der Waals surface area contributed by atoms with Crippen molar-refractivity contribution in [2.45, 2.75) is 12.3 Å². The van der Waals surface area contributed by atoms with Crippen molar-refractivity contribution >= 4 is 21.5 Å². The third kappa shape index (κ3) is 2.12. The van der Waals surface area contributed by atoms with Crippen LogP contribution in [0.3, 0.4) is 0 Å². The van der Waals surface area contributed by atoms with Gasteiger partial charge in [0.1, 0.15) is 0 Å². The van der Waals surface area contributed by atoms with E-state index in [0.717, 1.165) is 10.8 Å². The average molecular weight is 276 g/mol. The van der Waals surface area contributed by atoms with Gasteiger partial charge in [-0.25, -0.2) is 4.39 Å². The predicted octanol–water partition coefficient (Wildman–Crippen LogP) is 4.59. The summed E-state index contributed by atoms with van der Waals surface area (Å²) in [5, 5.41) is 11.4. The molecule has 3 aromatic carbocycles. The van der Waals surface area contributed by atoms with Crippen LogP contribution in [-0.2, 0) is 0 Å². The van der Waals surface area contributed by atoms with Crippen LogP contribution in [0.4, 0.5) is 13.2 Å². The summed E-state index contributed by atoms with van der Waals surface area (Å²) in [6.07, 6.45) is -7.13. The van der Waals surface area contributed by atoms with Crippen LogP contribution in [0.1, 0.15) is 11.7 Å². The molecule has 0 heterocycles. The van der Waals surface area contributed by atoms with Crippen molar-refractivity contribution in [2.75, 3.05) is 0 Å². The van der Waals surface area contributed by atoms with Crippen LogP contribution in [0.25, 0.3) is 21.5 Å². The maximum absolute atomic E-state index is 13.8. The second-order valence-corrected chi connectivity index (χ2v) is 4.72. The van der Waals surface area contributed by atoms with Gasteiger partial charge in [-0.05, 0) is 33.7 Å². The lowest BCUT2D eigenvalue weighted by atomic mass is 9.97. The zero-order valence-corrected chi connectivity index (χ0v) is 10.4. The minimum atomic E-state index is -4.39. The Morgan fingerprint density at radius 2 is 1.45 bits per heavy atom. The van der Waals surface area contributed by atoms with Gasteiger partial charge in [-0.3, -0.25) is 0 Å². The molecule has 102 valence electrons. The van der Waals surface area contributed by atoms with Gasteiger partial charge in [0.2, 0.25) is 6.17 Å². The van der Waals surface area contributed by atoms with Gasteiger partial charge in [0.05, 0.1) is 0 Å². The quantitative estimate of drug-likeness (QED) is 0.679. The highest BCUT2D eigenvalue weighted by molar-refractivity contribution is 5.99. The maximum atomic E-state index is 13.8. The van der Waals surface area contributed by atoms with Crippen molar-refractivity contribution in [1.82, 2.24) is 0 Å². The minimum Gasteiger partial charge on any atom is -0.334 e. The first-order chi connectivity index (χ1) is 9.47. The molecule has 0 aromatic heterocycles. The number of fused-ring (bicyclic) bond motifs is 2. The molecule has 0 fully saturated rings. The first-order valence-electron chi connectivity index (χ1n) is 6.12. The van der Waals surface area contributed by atoms with E-state index in [1.54, 1.807) is 12.1 Å². The molecule has 0 aliphatic heterocycles. The summed E-state index contributed by atoms with van der Waals surface area (Å²) >= 11 is 0. The fourth-order valence-electron chi connectivity index (χ4n) is 2.40. The summed E-state index contributed by atoms with van der Waals surface area (Å²) < 4.78 is 39.4. The summed E-state index contributed by atoms with van der Waals surface area (Å²) in [6, 6.07) is 15.4. The maximum Gasteiger partial charge on any atom is 0.388 e. The van der Waals surface area contributed by atoms with E-state index in [2.05, 4.69) is 0 Å². The Morgan fingerprint density at radius 3 is 2.10 bits per heavy atom. The van der Waals surface area contributed by atoms with Gasteiger partial charge >= 0.3 is 6.11 Å². The van der Waals surface area contributed by atoms with E-state index in [4.69, 9.17) is 5.11 Å². The second kappa shape index (κ2) is 4.49. The number of halogens is 3. The third-order valence-corrected chi connectivity index (χ3v) is 3.36. The lowest BCUT2D eigenvalue weighted by Crippen LogP contribution is -2.22. The van der Waals surface area contributed by atoms with Crippen molar-refractivity contribution in [3.63, 3.8) is 0 Å². The lowest BCUT2D eigenvalue weighted by Gasteiger charge is -2.17. The van der Waals surface area contributed by atoms with Gasteiger partial charge in [0, 0.05) is 5.56 Å². The highest BCUT2D eigenvalue weighted by Crippen LogP contribution is 2.37. The van der Waals surface area contributed by atoms with Crippen LogP contribution in [0.2, 0.25) is 0 Å². The van der Waals surface area contributed by atoms with Crippen molar-refractivity contribution in [2.24, 2.45) is 0 Å². The Hall–Kier alpha value is -2.07. The van der Waals surface area contributed by atoms with Crippen molar-refractivity contribution in [3.05, 3.63) is 60.2 Å². The Bertz CT molecular complexity index is 777. The fourth-order valence-corrected chi connectivity index (χ4v) is 2.40. The standard InChI is InChI=1S/C16H11F3O/c17-15(16(18,19)20)13-7-3-6-12-8-10-4-1-2-5-11(10)9-14(12)13/h1-9,15,20H. The normalized spacial score (nSPS) is 13.8. The number of hydrogen-bond donors (Lipinski definition) is 1. The van der Waals surface area contributed by atoms with Gasteiger partial charge in [-0.2, -0.15) is 8.78 Å². The fraction of sp³-hybridized carbons (Fsp3) is 0.125. The zero-order valence-electron chi connectivity index (χ0n) is 10.4. The van der Waals surface area contributed by atoms with Crippen LogP contribution in [0, 0.1) is 0 Å². The van der Waals surface area contributed by atoms with Crippen molar-refractivity contribution in [3.8, 4) is 0 Å². The molecular formula is C16H11F3O. The molecule has 20 heavy (non-hydrogen) atoms. The van der Waals surface area contributed by atoms with E-state index in [1.807, 2.05) is 30.3 Å². The average Bonchev–Trinajstić information content (AvgIpc) is 2.42. The van der Waals surface area contributed by atoms with E-state index in [-0.39, 0.29) is 5.56 Å². The molecular weight excluding hydrogens is 265 g/mol. The SMILES string of the molecule is OC(F)(F)C(F)c1cccc2cc3ccccc3cc12. The van der Waals surface area contributed by atoms with Gasteiger partial charge in [-0.1, -0.05) is 42.5 Å². The number of rotatable bonds is 2. The van der Waals surface area contributed by atoms with Gasteiger partial charge in [0.25, 0.3) is 0 Å². The molecule has 1 atom stereocenters. The minimum absolute atomic E-state index is 0.208. The molecule has 0 bridgehead atoms. The van der Waals surface area contributed by atoms with E-state index >= 15 is 0 Å².